The predicted octanol–water partition coefficient (Wildman–Crippen LogP) is 2.97. The number of piperidine rings is 1. The number of fused-ring (bicyclic) bond motifs is 1. The lowest BCUT2D eigenvalue weighted by molar-refractivity contribution is -0.159. The molecule has 0 spiro atoms. The molecule has 1 aliphatic carbocycles. The minimum atomic E-state index is -1.82. The van der Waals surface area contributed by atoms with Crippen molar-refractivity contribution in [2.45, 2.75) is 44.9 Å². The van der Waals surface area contributed by atoms with E-state index >= 15 is 0 Å². The molecule has 2 aliphatic heterocycles. The van der Waals surface area contributed by atoms with Crippen LogP contribution in [0.25, 0.3) is 0 Å². The second-order valence-electron chi connectivity index (χ2n) is 8.90. The molecule has 3 aliphatic rings. The highest BCUT2D eigenvalue weighted by Gasteiger charge is 2.35. The van der Waals surface area contributed by atoms with Gasteiger partial charge in [0.15, 0.2) is 0 Å². The Balaban J connectivity index is 0.000000427. The molecule has 3 fully saturated rings. The third-order valence-corrected chi connectivity index (χ3v) is 6.62. The van der Waals surface area contributed by atoms with Gasteiger partial charge in [0, 0.05) is 38.3 Å². The maximum Gasteiger partial charge on any atom is 0.414 e. The van der Waals surface area contributed by atoms with Crippen LogP contribution in [-0.4, -0.2) is 77.2 Å². The minimum absolute atomic E-state index is 0.163. The third kappa shape index (κ3) is 6.95. The van der Waals surface area contributed by atoms with Crippen LogP contribution in [0.4, 0.5) is 0 Å². The van der Waals surface area contributed by atoms with Crippen LogP contribution in [0.5, 0.6) is 5.75 Å². The van der Waals surface area contributed by atoms with Gasteiger partial charge in [0.2, 0.25) is 0 Å². The first kappa shape index (κ1) is 24.0. The molecule has 2 saturated heterocycles. The highest BCUT2D eigenvalue weighted by atomic mass is 16.5. The lowest BCUT2D eigenvalue weighted by Crippen LogP contribution is -2.35. The first-order valence-electron chi connectivity index (χ1n) is 11.6. The Hall–Kier alpha value is -2.61. The van der Waals surface area contributed by atoms with Crippen LogP contribution < -0.4 is 4.74 Å². The van der Waals surface area contributed by atoms with Crippen LogP contribution in [0.15, 0.2) is 24.3 Å². The Bertz CT molecular complexity index is 751. The summed E-state index contributed by atoms with van der Waals surface area (Å²) in [5, 5.41) is 14.8. The standard InChI is InChI=1S/C22H32N2O2.C2H2O4/c25-22(24-13-2-1-3-14-24)18-8-10-21(11-9-18)26-15-5-12-23-16-19-6-4-7-20(19)17-23;3-1(4)2(5)6/h8-11,19-20H,1-7,12-17H2;(H,3,4)(H,5,6). The molecule has 2 unspecified atom stereocenters. The summed E-state index contributed by atoms with van der Waals surface area (Å²) < 4.78 is 5.89. The monoisotopic (exact) mass is 446 g/mol. The Labute approximate surface area is 189 Å². The van der Waals surface area contributed by atoms with Gasteiger partial charge in [0.05, 0.1) is 6.61 Å². The van der Waals surface area contributed by atoms with Gasteiger partial charge in [-0.25, -0.2) is 9.59 Å². The second-order valence-corrected chi connectivity index (χ2v) is 8.90. The minimum Gasteiger partial charge on any atom is -0.494 e. The molecule has 176 valence electrons. The molecule has 0 radical (unpaired) electrons. The molecule has 2 heterocycles. The van der Waals surface area contributed by atoms with Gasteiger partial charge in [-0.3, -0.25) is 4.79 Å². The number of rotatable bonds is 6. The number of benzene rings is 1. The van der Waals surface area contributed by atoms with Crippen LogP contribution in [0, 0.1) is 11.8 Å². The number of hydrogen-bond acceptors (Lipinski definition) is 5. The molecule has 2 atom stereocenters. The summed E-state index contributed by atoms with van der Waals surface area (Å²) in [6.45, 7) is 6.31. The van der Waals surface area contributed by atoms with E-state index in [1.165, 1.54) is 38.8 Å². The molecular formula is C24H34N2O6. The Kier molecular flexibility index (Phi) is 8.90. The molecule has 32 heavy (non-hydrogen) atoms. The number of carbonyl (C=O) groups is 3. The summed E-state index contributed by atoms with van der Waals surface area (Å²) in [5.74, 6) is -0.666. The molecule has 1 aromatic carbocycles. The van der Waals surface area contributed by atoms with Crippen molar-refractivity contribution in [1.82, 2.24) is 9.80 Å². The molecule has 1 amide bonds. The Morgan fingerprint density at radius 2 is 1.47 bits per heavy atom. The van der Waals surface area contributed by atoms with Crippen molar-refractivity contribution in [1.29, 1.82) is 0 Å². The number of carboxylic acids is 2. The normalized spacial score (nSPS) is 22.6. The number of ether oxygens (including phenoxy) is 1. The van der Waals surface area contributed by atoms with E-state index in [1.807, 2.05) is 29.2 Å². The number of nitrogens with zero attached hydrogens (tertiary/aromatic N) is 2. The zero-order valence-corrected chi connectivity index (χ0v) is 18.6. The summed E-state index contributed by atoms with van der Waals surface area (Å²) in [7, 11) is 0. The first-order chi connectivity index (χ1) is 15.4. The van der Waals surface area contributed by atoms with E-state index in [2.05, 4.69) is 4.90 Å². The molecule has 8 heteroatoms. The van der Waals surface area contributed by atoms with Gasteiger partial charge in [0.25, 0.3) is 5.91 Å². The Morgan fingerprint density at radius 1 is 0.875 bits per heavy atom. The number of hydrogen-bond donors (Lipinski definition) is 2. The zero-order chi connectivity index (χ0) is 22.9. The van der Waals surface area contributed by atoms with E-state index < -0.39 is 11.9 Å². The van der Waals surface area contributed by atoms with Crippen molar-refractivity contribution in [3.05, 3.63) is 29.8 Å². The number of amides is 1. The fourth-order valence-electron chi connectivity index (χ4n) is 4.97. The quantitative estimate of drug-likeness (QED) is 0.511. The van der Waals surface area contributed by atoms with Crippen molar-refractivity contribution in [3.63, 3.8) is 0 Å². The summed E-state index contributed by atoms with van der Waals surface area (Å²) in [6.07, 6.45) is 8.92. The maximum atomic E-state index is 12.5. The fraction of sp³-hybridized carbons (Fsp3) is 0.625. The van der Waals surface area contributed by atoms with E-state index in [0.29, 0.717) is 0 Å². The molecule has 2 N–H and O–H groups in total. The number of likely N-dealkylation sites (tertiary alicyclic amines) is 2. The number of carbonyl (C=O) groups excluding carboxylic acids is 1. The summed E-state index contributed by atoms with van der Waals surface area (Å²) >= 11 is 0. The van der Waals surface area contributed by atoms with Gasteiger partial charge < -0.3 is 24.7 Å². The average Bonchev–Trinajstić information content (AvgIpc) is 3.40. The van der Waals surface area contributed by atoms with Crippen molar-refractivity contribution >= 4 is 17.8 Å². The lowest BCUT2D eigenvalue weighted by Gasteiger charge is -2.26. The van der Waals surface area contributed by atoms with Crippen molar-refractivity contribution in [2.75, 3.05) is 39.3 Å². The van der Waals surface area contributed by atoms with E-state index in [-0.39, 0.29) is 5.91 Å². The van der Waals surface area contributed by atoms with Crippen LogP contribution in [-0.2, 0) is 9.59 Å². The molecule has 0 aromatic heterocycles. The highest BCUT2D eigenvalue weighted by Crippen LogP contribution is 2.37. The molecule has 1 saturated carbocycles. The van der Waals surface area contributed by atoms with Gasteiger partial charge in [-0.2, -0.15) is 0 Å². The molecule has 8 nitrogen and oxygen atoms in total. The maximum absolute atomic E-state index is 12.5. The fourth-order valence-corrected chi connectivity index (χ4v) is 4.97. The molecule has 0 bridgehead atoms. The first-order valence-corrected chi connectivity index (χ1v) is 11.6. The highest BCUT2D eigenvalue weighted by molar-refractivity contribution is 6.27. The molecule has 1 aromatic rings. The SMILES string of the molecule is O=C(O)C(=O)O.O=C(c1ccc(OCCCN2CC3CCCC3C2)cc1)N1CCCCC1. The van der Waals surface area contributed by atoms with Gasteiger partial charge in [-0.05, 0) is 74.6 Å². The smallest absolute Gasteiger partial charge is 0.414 e. The number of carboxylic acid groups (broad SMARTS) is 2. The summed E-state index contributed by atoms with van der Waals surface area (Å²) in [5.41, 5.74) is 0.780. The largest absolute Gasteiger partial charge is 0.494 e. The lowest BCUT2D eigenvalue weighted by atomic mass is 10.0. The van der Waals surface area contributed by atoms with E-state index in [1.54, 1.807) is 0 Å². The van der Waals surface area contributed by atoms with Gasteiger partial charge >= 0.3 is 11.9 Å². The van der Waals surface area contributed by atoms with Gasteiger partial charge in [0.1, 0.15) is 5.75 Å². The predicted molar refractivity (Wildman–Crippen MR) is 119 cm³/mol. The summed E-state index contributed by atoms with van der Waals surface area (Å²) in [6, 6.07) is 7.71. The van der Waals surface area contributed by atoms with Crippen LogP contribution in [0.3, 0.4) is 0 Å². The summed E-state index contributed by atoms with van der Waals surface area (Å²) in [4.78, 5) is 35.3. The zero-order valence-electron chi connectivity index (χ0n) is 18.6. The molecular weight excluding hydrogens is 412 g/mol. The third-order valence-electron chi connectivity index (χ3n) is 6.62. The van der Waals surface area contributed by atoms with Crippen molar-refractivity contribution in [3.8, 4) is 5.75 Å². The second kappa shape index (κ2) is 11.9. The van der Waals surface area contributed by atoms with Gasteiger partial charge in [-0.15, -0.1) is 0 Å². The van der Waals surface area contributed by atoms with Crippen molar-refractivity contribution in [2.24, 2.45) is 11.8 Å². The van der Waals surface area contributed by atoms with Crippen LogP contribution >= 0.6 is 0 Å². The topological polar surface area (TPSA) is 107 Å². The Morgan fingerprint density at radius 3 is 2.03 bits per heavy atom. The van der Waals surface area contributed by atoms with E-state index in [0.717, 1.165) is 68.7 Å². The van der Waals surface area contributed by atoms with Crippen LogP contribution in [0.2, 0.25) is 0 Å². The van der Waals surface area contributed by atoms with Crippen LogP contribution in [0.1, 0.15) is 55.3 Å². The van der Waals surface area contributed by atoms with E-state index in [4.69, 9.17) is 24.5 Å². The average molecular weight is 447 g/mol. The van der Waals surface area contributed by atoms with Crippen molar-refractivity contribution < 1.29 is 29.3 Å². The molecule has 4 rings (SSSR count). The number of aliphatic carboxylic acids is 2. The van der Waals surface area contributed by atoms with Gasteiger partial charge in [-0.1, -0.05) is 6.42 Å². The van der Waals surface area contributed by atoms with E-state index in [9.17, 15) is 4.79 Å².